The maximum absolute atomic E-state index is 13.6. The lowest BCUT2D eigenvalue weighted by Crippen LogP contribution is -2.33. The van der Waals surface area contributed by atoms with Gasteiger partial charge >= 0.3 is 6.03 Å². The molecule has 0 saturated heterocycles. The van der Waals surface area contributed by atoms with Gasteiger partial charge in [0.2, 0.25) is 0 Å². The molecule has 0 bridgehead atoms. The number of anilines is 1. The number of hydrogen-bond acceptors (Lipinski definition) is 5. The Labute approximate surface area is 170 Å². The molecule has 158 valence electrons. The molecule has 1 N–H and O–H groups in total. The van der Waals surface area contributed by atoms with Gasteiger partial charge in [-0.1, -0.05) is 11.2 Å². The van der Waals surface area contributed by atoms with E-state index < -0.39 is 23.5 Å². The molecule has 0 spiro atoms. The van der Waals surface area contributed by atoms with Crippen molar-refractivity contribution in [2.24, 2.45) is 0 Å². The number of nitrogens with one attached hydrogen (secondary N) is 1. The number of carbonyl (C=O) groups is 1. The number of rotatable bonds is 7. The zero-order chi connectivity index (χ0) is 21.7. The maximum atomic E-state index is 13.6. The van der Waals surface area contributed by atoms with Gasteiger partial charge in [0, 0.05) is 31.8 Å². The van der Waals surface area contributed by atoms with Crippen molar-refractivity contribution in [2.45, 2.75) is 20.0 Å². The second-order valence-corrected chi connectivity index (χ2v) is 6.53. The van der Waals surface area contributed by atoms with Crippen LogP contribution in [0.15, 0.2) is 40.9 Å². The Balaban J connectivity index is 1.48. The van der Waals surface area contributed by atoms with Crippen LogP contribution in [0.1, 0.15) is 17.3 Å². The van der Waals surface area contributed by atoms with Crippen LogP contribution in [0.25, 0.3) is 0 Å². The van der Waals surface area contributed by atoms with Gasteiger partial charge in [0.05, 0.1) is 0 Å². The predicted molar refractivity (Wildman–Crippen MR) is 101 cm³/mol. The van der Waals surface area contributed by atoms with Gasteiger partial charge in [-0.05, 0) is 36.8 Å². The van der Waals surface area contributed by atoms with E-state index in [4.69, 9.17) is 9.26 Å². The second kappa shape index (κ2) is 9.29. The first kappa shape index (κ1) is 21.2. The van der Waals surface area contributed by atoms with Crippen LogP contribution in [0.3, 0.4) is 0 Å². The number of benzene rings is 2. The molecule has 30 heavy (non-hydrogen) atoms. The van der Waals surface area contributed by atoms with Crippen LogP contribution in [-0.2, 0) is 13.0 Å². The Hall–Kier alpha value is -3.56. The first-order chi connectivity index (χ1) is 14.3. The summed E-state index contributed by atoms with van der Waals surface area (Å²) >= 11 is 0. The zero-order valence-corrected chi connectivity index (χ0v) is 16.3. The average Bonchev–Trinajstić information content (AvgIpc) is 3.16. The summed E-state index contributed by atoms with van der Waals surface area (Å²) in [5.41, 5.74) is 0.836. The van der Waals surface area contributed by atoms with E-state index in [0.29, 0.717) is 29.6 Å². The molecule has 0 saturated carbocycles. The number of likely N-dealkylation sites (N-methyl/N-ethyl adjacent to an activating group) is 1. The van der Waals surface area contributed by atoms with Gasteiger partial charge in [-0.2, -0.15) is 4.98 Å². The molecule has 2 amide bonds. The smallest absolute Gasteiger partial charge is 0.321 e. The van der Waals surface area contributed by atoms with E-state index in [1.807, 2.05) is 0 Å². The molecule has 10 heteroatoms. The van der Waals surface area contributed by atoms with E-state index in [-0.39, 0.29) is 24.8 Å². The van der Waals surface area contributed by atoms with E-state index in [9.17, 15) is 18.0 Å². The molecule has 3 rings (SSSR count). The average molecular weight is 420 g/mol. The maximum Gasteiger partial charge on any atom is 0.321 e. The number of urea groups is 1. The number of aromatic nitrogens is 2. The van der Waals surface area contributed by atoms with Crippen molar-refractivity contribution in [1.29, 1.82) is 0 Å². The summed E-state index contributed by atoms with van der Waals surface area (Å²) in [4.78, 5) is 17.7. The molecule has 0 unspecified atom stereocenters. The molecular weight excluding hydrogens is 401 g/mol. The van der Waals surface area contributed by atoms with Crippen molar-refractivity contribution in [3.05, 3.63) is 71.1 Å². The Morgan fingerprint density at radius 2 is 1.97 bits per heavy atom. The zero-order valence-electron chi connectivity index (χ0n) is 16.3. The minimum Gasteiger partial charge on any atom is -0.481 e. The van der Waals surface area contributed by atoms with Crippen LogP contribution in [0, 0.1) is 24.4 Å². The molecule has 0 aliphatic rings. The molecule has 1 heterocycles. The summed E-state index contributed by atoms with van der Waals surface area (Å²) in [6, 6.07) is 6.96. The molecule has 0 aliphatic carbocycles. The first-order valence-corrected chi connectivity index (χ1v) is 8.99. The van der Waals surface area contributed by atoms with Gasteiger partial charge in [0.15, 0.2) is 24.0 Å². The lowest BCUT2D eigenvalue weighted by atomic mass is 10.2. The van der Waals surface area contributed by atoms with Crippen LogP contribution in [0.2, 0.25) is 0 Å². The van der Waals surface area contributed by atoms with Crippen LogP contribution >= 0.6 is 0 Å². The molecule has 0 fully saturated rings. The van der Waals surface area contributed by atoms with Crippen LogP contribution in [0.4, 0.5) is 23.7 Å². The topological polar surface area (TPSA) is 80.5 Å². The number of carbonyl (C=O) groups excluding carboxylic acids is 1. The van der Waals surface area contributed by atoms with Crippen LogP contribution in [-0.4, -0.2) is 34.7 Å². The summed E-state index contributed by atoms with van der Waals surface area (Å²) in [5, 5.41) is 6.37. The number of hydrogen-bond donors (Lipinski definition) is 1. The number of ether oxygens (including phenoxy) is 1. The highest BCUT2D eigenvalue weighted by atomic mass is 19.1. The van der Waals surface area contributed by atoms with E-state index in [2.05, 4.69) is 15.5 Å². The standard InChI is InChI=1S/C20H19F3N4O3/c1-12-3-5-14(10-15(12)22)24-20(28)27(2)8-7-18-25-19(30-26-18)11-29-17-6-4-13(21)9-16(17)23/h3-6,9-10H,7-8,11H2,1-2H3,(H,24,28). The van der Waals surface area contributed by atoms with Crippen LogP contribution in [0.5, 0.6) is 5.75 Å². The van der Waals surface area contributed by atoms with Crippen LogP contribution < -0.4 is 10.1 Å². The summed E-state index contributed by atoms with van der Waals surface area (Å²) in [5.74, 6) is -1.65. The van der Waals surface area contributed by atoms with Gasteiger partial charge in [-0.15, -0.1) is 0 Å². The first-order valence-electron chi connectivity index (χ1n) is 8.99. The summed E-state index contributed by atoms with van der Waals surface area (Å²) in [6.45, 7) is 1.71. The highest BCUT2D eigenvalue weighted by Crippen LogP contribution is 2.19. The Morgan fingerprint density at radius 1 is 1.17 bits per heavy atom. The van der Waals surface area contributed by atoms with Crippen molar-refractivity contribution in [1.82, 2.24) is 15.0 Å². The third kappa shape index (κ3) is 5.49. The number of aryl methyl sites for hydroxylation is 1. The molecule has 0 atom stereocenters. The number of amides is 2. The van der Waals surface area contributed by atoms with Crippen molar-refractivity contribution >= 4 is 11.7 Å². The molecule has 1 aromatic heterocycles. The third-order valence-corrected chi connectivity index (χ3v) is 4.20. The van der Waals surface area contributed by atoms with Gasteiger partial charge in [0.25, 0.3) is 5.89 Å². The highest BCUT2D eigenvalue weighted by Gasteiger charge is 2.13. The fraction of sp³-hybridized carbons (Fsp3) is 0.250. The van der Waals surface area contributed by atoms with E-state index in [1.54, 1.807) is 26.1 Å². The quantitative estimate of drug-likeness (QED) is 0.623. The fourth-order valence-corrected chi connectivity index (χ4v) is 2.44. The minimum atomic E-state index is -0.837. The van der Waals surface area contributed by atoms with Crippen molar-refractivity contribution in [3.8, 4) is 5.75 Å². The lowest BCUT2D eigenvalue weighted by molar-refractivity contribution is 0.222. The van der Waals surface area contributed by atoms with Gasteiger partial charge in [0.1, 0.15) is 11.6 Å². The normalized spacial score (nSPS) is 10.7. The van der Waals surface area contributed by atoms with E-state index >= 15 is 0 Å². The predicted octanol–water partition coefficient (Wildman–Crippen LogP) is 4.08. The van der Waals surface area contributed by atoms with Gasteiger partial charge < -0.3 is 19.5 Å². The number of halogens is 3. The van der Waals surface area contributed by atoms with Crippen molar-refractivity contribution in [2.75, 3.05) is 18.9 Å². The summed E-state index contributed by atoms with van der Waals surface area (Å²) in [6.07, 6.45) is 0.292. The lowest BCUT2D eigenvalue weighted by Gasteiger charge is -2.17. The molecule has 0 aliphatic heterocycles. The van der Waals surface area contributed by atoms with Gasteiger partial charge in [-0.3, -0.25) is 0 Å². The molecule has 0 radical (unpaired) electrons. The Morgan fingerprint density at radius 3 is 2.70 bits per heavy atom. The largest absolute Gasteiger partial charge is 0.481 e. The van der Waals surface area contributed by atoms with E-state index in [0.717, 1.165) is 12.1 Å². The summed E-state index contributed by atoms with van der Waals surface area (Å²) < 4.78 is 50.2. The Bertz CT molecular complexity index is 1040. The SMILES string of the molecule is Cc1ccc(NC(=O)N(C)CCc2noc(COc3ccc(F)cc3F)n2)cc1F. The molecule has 3 aromatic rings. The minimum absolute atomic E-state index is 0.107. The fourth-order valence-electron chi connectivity index (χ4n) is 2.44. The summed E-state index contributed by atoms with van der Waals surface area (Å²) in [7, 11) is 1.57. The molecule has 2 aromatic carbocycles. The van der Waals surface area contributed by atoms with E-state index in [1.165, 1.54) is 11.0 Å². The second-order valence-electron chi connectivity index (χ2n) is 6.53. The monoisotopic (exact) mass is 420 g/mol. The highest BCUT2D eigenvalue weighted by molar-refractivity contribution is 5.89. The number of nitrogens with zero attached hydrogens (tertiary/aromatic N) is 3. The molecular formula is C20H19F3N4O3. The molecule has 7 nitrogen and oxygen atoms in total. The van der Waals surface area contributed by atoms with Gasteiger partial charge in [-0.25, -0.2) is 18.0 Å². The van der Waals surface area contributed by atoms with Crippen molar-refractivity contribution < 1.29 is 27.2 Å². The third-order valence-electron chi connectivity index (χ3n) is 4.20. The van der Waals surface area contributed by atoms with Crippen molar-refractivity contribution in [3.63, 3.8) is 0 Å². The Kier molecular flexibility index (Phi) is 6.55.